The maximum atomic E-state index is 13.3. The molecule has 6 N–H and O–H groups in total. The van der Waals surface area contributed by atoms with Crippen molar-refractivity contribution in [3.05, 3.63) is 0 Å². The van der Waals surface area contributed by atoms with Crippen LogP contribution in [0.3, 0.4) is 0 Å². The summed E-state index contributed by atoms with van der Waals surface area (Å²) in [5, 5.41) is 10.3. The Morgan fingerprint density at radius 1 is 0.306 bits per heavy atom. The van der Waals surface area contributed by atoms with Gasteiger partial charge in [0.05, 0.1) is 77.8 Å². The van der Waals surface area contributed by atoms with Gasteiger partial charge in [-0.3, -0.25) is 46.9 Å². The van der Waals surface area contributed by atoms with Gasteiger partial charge in [0.25, 0.3) is 0 Å². The van der Waals surface area contributed by atoms with Crippen LogP contribution in [0.5, 0.6) is 0 Å². The zero-order valence-corrected chi connectivity index (χ0v) is 71.0. The second-order valence-electron chi connectivity index (χ2n) is 30.0. The number of unbranched alkanes of at least 4 members (excludes halogenated alkanes) is 40. The van der Waals surface area contributed by atoms with Crippen molar-refractivity contribution in [1.82, 2.24) is 21.3 Å². The molecule has 25 heteroatoms. The lowest BCUT2D eigenvalue weighted by molar-refractivity contribution is -0.151. The summed E-state index contributed by atoms with van der Waals surface area (Å²) in [6, 6.07) is -2.73. The number of hydrogen-bond acceptors (Lipinski definition) is 17. The summed E-state index contributed by atoms with van der Waals surface area (Å²) in [4.78, 5) is 113. The van der Waals surface area contributed by atoms with Crippen LogP contribution in [0.1, 0.15) is 401 Å². The molecular formula is C83H160N4O19P2. The number of rotatable bonds is 84. The van der Waals surface area contributed by atoms with Gasteiger partial charge in [0.15, 0.2) is 0 Å². The predicted molar refractivity (Wildman–Crippen MR) is 433 cm³/mol. The van der Waals surface area contributed by atoms with Gasteiger partial charge in [-0.2, -0.15) is 0 Å². The third kappa shape index (κ3) is 72.8. The molecule has 0 aromatic heterocycles. The Kier molecular flexibility index (Phi) is 73.9. The van der Waals surface area contributed by atoms with E-state index in [1.165, 1.54) is 141 Å². The van der Waals surface area contributed by atoms with E-state index in [0.29, 0.717) is 51.4 Å². The minimum absolute atomic E-state index is 0.153. The number of hydrogen-bond donors (Lipinski definition) is 6. The Labute approximate surface area is 656 Å². The molecule has 108 heavy (non-hydrogen) atoms. The molecule has 0 fully saturated rings. The Morgan fingerprint density at radius 2 is 0.565 bits per heavy atom. The van der Waals surface area contributed by atoms with Gasteiger partial charge in [-0.25, -0.2) is 13.9 Å². The molecule has 0 aliphatic carbocycles. The van der Waals surface area contributed by atoms with E-state index in [9.17, 15) is 52.5 Å². The van der Waals surface area contributed by atoms with Crippen molar-refractivity contribution in [3.63, 3.8) is 0 Å². The third-order valence-electron chi connectivity index (χ3n) is 19.4. The van der Waals surface area contributed by atoms with Gasteiger partial charge in [0.2, 0.25) is 11.8 Å². The van der Waals surface area contributed by atoms with Gasteiger partial charge in [-0.05, 0) is 51.4 Å². The third-order valence-corrected chi connectivity index (χ3v) is 21.3. The normalized spacial score (nSPS) is 13.8. The lowest BCUT2D eigenvalue weighted by Gasteiger charge is -2.22. The number of carbonyl (C=O) groups is 7. The predicted octanol–water partition coefficient (Wildman–Crippen LogP) is 20.5. The molecule has 0 saturated heterocycles. The fourth-order valence-electron chi connectivity index (χ4n) is 12.8. The Morgan fingerprint density at radius 3 is 0.852 bits per heavy atom. The second-order valence-corrected chi connectivity index (χ2v) is 32.9. The highest BCUT2D eigenvalue weighted by atomic mass is 31.2. The molecule has 636 valence electrons. The molecule has 0 radical (unpaired) electrons. The molecule has 0 aliphatic heterocycles. The number of ketones is 2. The van der Waals surface area contributed by atoms with E-state index >= 15 is 0 Å². The van der Waals surface area contributed by atoms with Crippen LogP contribution in [-0.2, 0) is 74.9 Å². The Bertz CT molecular complexity index is 2120. The fraction of sp³-hybridized carbons (Fsp3) is 0.916. The first-order valence-corrected chi connectivity index (χ1v) is 46.7. The molecule has 0 aromatic rings. The van der Waals surface area contributed by atoms with Crippen LogP contribution in [0.2, 0.25) is 0 Å². The summed E-state index contributed by atoms with van der Waals surface area (Å²) in [7, 11) is -9.60. The Balaban J connectivity index is 5.68. The molecule has 6 atom stereocenters. The number of phosphoric acid groups is 2. The van der Waals surface area contributed by atoms with Crippen LogP contribution in [0.4, 0.5) is 4.79 Å². The van der Waals surface area contributed by atoms with Crippen molar-refractivity contribution >= 4 is 57.0 Å². The second kappa shape index (κ2) is 76.3. The number of ether oxygens (including phenoxy) is 4. The van der Waals surface area contributed by atoms with Gasteiger partial charge >= 0.3 is 33.6 Å². The zero-order valence-electron chi connectivity index (χ0n) is 69.2. The minimum Gasteiger partial charge on any atom is -0.462 e. The molecule has 0 aromatic carbocycles. The number of carbonyl (C=O) groups excluding carboxylic acids is 7. The van der Waals surface area contributed by atoms with Gasteiger partial charge in [-0.1, -0.05) is 298 Å². The summed E-state index contributed by atoms with van der Waals surface area (Å²) in [5.74, 6) is -2.09. The first-order valence-electron chi connectivity index (χ1n) is 43.7. The van der Waals surface area contributed by atoms with E-state index in [2.05, 4.69) is 62.8 Å². The van der Waals surface area contributed by atoms with E-state index in [4.69, 9.17) is 37.0 Å². The number of nitrogens with one attached hydrogen (secondary N) is 4. The molecule has 23 nitrogen and oxygen atoms in total. The highest BCUT2D eigenvalue weighted by molar-refractivity contribution is 7.47. The van der Waals surface area contributed by atoms with Gasteiger partial charge < -0.3 is 50.0 Å². The SMILES string of the molecule is CCCCCCCCCCCC(=O)CC(=O)N[C@H](COCC[C@H](CCCCCCC)OC(=O)CCCCCCCCCCC)COP(=O)(O)OCCNC(=O)NCCOP(=O)(O)OC[C@@H](COCC[C@H](CCCCCCC)OC(=O)CCCCCCCCCCC)NC(=O)CC(=O)CCCCCCCCCCC. The summed E-state index contributed by atoms with van der Waals surface area (Å²) >= 11 is 0. The lowest BCUT2D eigenvalue weighted by atomic mass is 10.0. The molecule has 0 saturated carbocycles. The number of amides is 4. The van der Waals surface area contributed by atoms with Crippen molar-refractivity contribution in [2.24, 2.45) is 0 Å². The van der Waals surface area contributed by atoms with E-state index in [1.807, 2.05) is 0 Å². The quantitative estimate of drug-likeness (QED) is 0.0143. The molecule has 0 aliphatic rings. The molecular weight excluding hydrogens is 1420 g/mol. The van der Waals surface area contributed by atoms with E-state index in [-0.39, 0.29) is 101 Å². The van der Waals surface area contributed by atoms with Crippen molar-refractivity contribution in [1.29, 1.82) is 0 Å². The smallest absolute Gasteiger partial charge is 0.462 e. The van der Waals surface area contributed by atoms with Crippen LogP contribution in [0.15, 0.2) is 0 Å². The zero-order chi connectivity index (χ0) is 79.5. The monoisotopic (exact) mass is 1580 g/mol. The molecule has 0 spiro atoms. The van der Waals surface area contributed by atoms with Crippen molar-refractivity contribution in [2.75, 3.05) is 65.9 Å². The van der Waals surface area contributed by atoms with Crippen LogP contribution in [-0.4, -0.2) is 141 Å². The number of esters is 2. The van der Waals surface area contributed by atoms with Crippen LogP contribution in [0.25, 0.3) is 0 Å². The summed E-state index contributed by atoms with van der Waals surface area (Å²) in [6.07, 6.45) is 52.3. The summed E-state index contributed by atoms with van der Waals surface area (Å²) in [5.41, 5.74) is 0. The topological polar surface area (TPSA) is 316 Å². The summed E-state index contributed by atoms with van der Waals surface area (Å²) in [6.45, 7) is 10.5. The van der Waals surface area contributed by atoms with E-state index in [1.54, 1.807) is 0 Å². The first-order chi connectivity index (χ1) is 52.3. The highest BCUT2D eigenvalue weighted by Crippen LogP contribution is 2.44. The first kappa shape index (κ1) is 105. The van der Waals surface area contributed by atoms with Crippen molar-refractivity contribution in [2.45, 2.75) is 425 Å². The number of urea groups is 1. The van der Waals surface area contributed by atoms with Gasteiger partial charge in [0.1, 0.15) is 23.8 Å². The Hall–Kier alpha value is -3.37. The number of Topliss-reactive ketones (excluding diaryl/α,β-unsaturated/α-hetero) is 2. The molecule has 0 rings (SSSR count). The minimum atomic E-state index is -4.80. The highest BCUT2D eigenvalue weighted by Gasteiger charge is 2.28. The maximum absolute atomic E-state index is 13.3. The van der Waals surface area contributed by atoms with Crippen molar-refractivity contribution < 1.29 is 89.5 Å². The standard InChI is InChI=1S/C83H160N4O19P2/c1-7-13-19-25-29-33-37-43-47-53-75(88)67-79(90)86-73(69-99-63-59-77(55-49-41-23-17-11-5)105-81(92)57-51-45-39-35-31-27-21-15-9-3)71-103-107(95,96)101-65-61-84-83(94)85-62-66-102-108(97,98)104-72-74(87-80(91)68-76(89)54-48-44-38-34-30-26-20-14-8-2)70-100-64-60-78(56-50-42-24-18-12-6)106-82(93)58-52-46-40-36-32-28-22-16-10-4/h73-74,77-78H,7-72H2,1-6H3,(H,86,90)(H,87,91)(H,95,96)(H,97,98)(H2,84,85,94)/t73-,74-,77+,78+/m1/s1. The fourth-order valence-corrected chi connectivity index (χ4v) is 14.3. The largest absolute Gasteiger partial charge is 0.472 e. The van der Waals surface area contributed by atoms with Crippen molar-refractivity contribution in [3.8, 4) is 0 Å². The lowest BCUT2D eigenvalue weighted by Crippen LogP contribution is -2.42. The van der Waals surface area contributed by atoms with E-state index in [0.717, 1.165) is 141 Å². The van der Waals surface area contributed by atoms with Gasteiger partial charge in [0, 0.05) is 51.6 Å². The average molecular weight is 1580 g/mol. The van der Waals surface area contributed by atoms with Crippen LogP contribution >= 0.6 is 15.6 Å². The average Bonchev–Trinajstić information content (AvgIpc) is 0.914. The van der Waals surface area contributed by atoms with Crippen LogP contribution in [0, 0.1) is 0 Å². The maximum Gasteiger partial charge on any atom is 0.472 e. The van der Waals surface area contributed by atoms with E-state index < -0.39 is 72.0 Å². The molecule has 2 unspecified atom stereocenters. The molecule has 4 amide bonds. The molecule has 0 bridgehead atoms. The summed E-state index contributed by atoms with van der Waals surface area (Å²) < 4.78 is 71.2. The van der Waals surface area contributed by atoms with Gasteiger partial charge in [-0.15, -0.1) is 0 Å². The van der Waals surface area contributed by atoms with Crippen LogP contribution < -0.4 is 21.3 Å². The number of phosphoric ester groups is 2. The molecule has 0 heterocycles.